The standard InChI is InChI=1S/C17H16N8O3S/c18-29(27,28)14-7-5-12(6-8-14)17(26)19-9-13-10-24(22-20-13)11-25-16-4-2-1-3-15(16)21-23-25/h1-8,10H,9,11H2,(H,19,26)(H2,18,27,28). The van der Waals surface area contributed by atoms with Crippen LogP contribution >= 0.6 is 0 Å². The summed E-state index contributed by atoms with van der Waals surface area (Å²) in [5.41, 5.74) is 2.53. The Morgan fingerprint density at radius 2 is 1.79 bits per heavy atom. The van der Waals surface area contributed by atoms with Crippen molar-refractivity contribution in [3.8, 4) is 0 Å². The van der Waals surface area contributed by atoms with Crippen molar-refractivity contribution in [2.24, 2.45) is 5.14 Å². The topological polar surface area (TPSA) is 151 Å². The number of rotatable bonds is 6. The predicted molar refractivity (Wildman–Crippen MR) is 102 cm³/mol. The Bertz CT molecular complexity index is 1280. The SMILES string of the molecule is NS(=O)(=O)c1ccc(C(=O)NCc2cn(Cn3nnc4ccccc43)nn2)cc1. The third kappa shape index (κ3) is 4.12. The van der Waals surface area contributed by atoms with Gasteiger partial charge in [-0.3, -0.25) is 4.79 Å². The molecule has 0 aliphatic carbocycles. The first-order chi connectivity index (χ1) is 13.9. The molecule has 0 saturated carbocycles. The van der Waals surface area contributed by atoms with Crippen LogP contribution in [0.4, 0.5) is 0 Å². The minimum absolute atomic E-state index is 0.0578. The molecule has 2 heterocycles. The fraction of sp³-hybridized carbons (Fsp3) is 0.118. The summed E-state index contributed by atoms with van der Waals surface area (Å²) in [4.78, 5) is 12.2. The first-order valence-corrected chi connectivity index (χ1v) is 10.0. The molecule has 29 heavy (non-hydrogen) atoms. The van der Waals surface area contributed by atoms with Crippen molar-refractivity contribution in [1.82, 2.24) is 35.3 Å². The van der Waals surface area contributed by atoms with E-state index in [1.165, 1.54) is 24.3 Å². The highest BCUT2D eigenvalue weighted by Gasteiger charge is 2.11. The lowest BCUT2D eigenvalue weighted by Gasteiger charge is -2.04. The van der Waals surface area contributed by atoms with E-state index >= 15 is 0 Å². The Morgan fingerprint density at radius 1 is 1.03 bits per heavy atom. The summed E-state index contributed by atoms with van der Waals surface area (Å²) in [6.45, 7) is 0.490. The molecule has 0 spiro atoms. The number of carbonyl (C=O) groups is 1. The maximum Gasteiger partial charge on any atom is 0.251 e. The van der Waals surface area contributed by atoms with Gasteiger partial charge in [-0.05, 0) is 36.4 Å². The van der Waals surface area contributed by atoms with Gasteiger partial charge in [0.15, 0.2) is 0 Å². The number of nitrogens with zero attached hydrogens (tertiary/aromatic N) is 6. The third-order valence-electron chi connectivity index (χ3n) is 4.16. The Hall–Kier alpha value is -3.64. The van der Waals surface area contributed by atoms with Crippen LogP contribution < -0.4 is 10.5 Å². The van der Waals surface area contributed by atoms with Gasteiger partial charge in [0.1, 0.15) is 17.9 Å². The summed E-state index contributed by atoms with van der Waals surface area (Å²) in [5, 5.41) is 24.0. The number of primary sulfonamides is 1. The quantitative estimate of drug-likeness (QED) is 0.456. The van der Waals surface area contributed by atoms with Crippen LogP contribution in [-0.2, 0) is 23.2 Å². The molecular weight excluding hydrogens is 396 g/mol. The van der Waals surface area contributed by atoms with Gasteiger partial charge in [0.25, 0.3) is 5.91 Å². The Labute approximate surface area is 165 Å². The zero-order chi connectivity index (χ0) is 20.4. The number of nitrogens with one attached hydrogen (secondary N) is 1. The highest BCUT2D eigenvalue weighted by molar-refractivity contribution is 7.89. The number of fused-ring (bicyclic) bond motifs is 1. The van der Waals surface area contributed by atoms with Gasteiger partial charge in [-0.2, -0.15) is 0 Å². The van der Waals surface area contributed by atoms with Crippen LogP contribution in [0.25, 0.3) is 11.0 Å². The minimum atomic E-state index is -3.80. The van der Waals surface area contributed by atoms with Crippen LogP contribution in [0.3, 0.4) is 0 Å². The molecule has 11 nitrogen and oxygen atoms in total. The molecule has 0 saturated heterocycles. The third-order valence-corrected chi connectivity index (χ3v) is 5.09. The van der Waals surface area contributed by atoms with Gasteiger partial charge < -0.3 is 5.32 Å². The first-order valence-electron chi connectivity index (χ1n) is 8.48. The summed E-state index contributed by atoms with van der Waals surface area (Å²) in [7, 11) is -3.80. The Morgan fingerprint density at radius 3 is 2.55 bits per heavy atom. The second-order valence-corrected chi connectivity index (χ2v) is 7.78. The smallest absolute Gasteiger partial charge is 0.251 e. The monoisotopic (exact) mass is 412 g/mol. The largest absolute Gasteiger partial charge is 0.346 e. The second-order valence-electron chi connectivity index (χ2n) is 6.22. The van der Waals surface area contributed by atoms with Gasteiger partial charge in [-0.25, -0.2) is 22.9 Å². The van der Waals surface area contributed by atoms with Crippen molar-refractivity contribution in [3.05, 3.63) is 66.0 Å². The molecule has 3 N–H and O–H groups in total. The van der Waals surface area contributed by atoms with E-state index in [2.05, 4.69) is 25.9 Å². The van der Waals surface area contributed by atoms with Crippen LogP contribution in [0.1, 0.15) is 16.1 Å². The van der Waals surface area contributed by atoms with Crippen LogP contribution in [0.5, 0.6) is 0 Å². The van der Waals surface area contributed by atoms with Crippen molar-refractivity contribution < 1.29 is 13.2 Å². The minimum Gasteiger partial charge on any atom is -0.346 e. The molecule has 0 atom stereocenters. The molecule has 4 rings (SSSR count). The van der Waals surface area contributed by atoms with Crippen LogP contribution in [0, 0.1) is 0 Å². The van der Waals surface area contributed by atoms with Crippen LogP contribution in [-0.4, -0.2) is 44.3 Å². The maximum absolute atomic E-state index is 12.2. The molecule has 12 heteroatoms. The number of aromatic nitrogens is 6. The van der Waals surface area contributed by atoms with E-state index < -0.39 is 10.0 Å². The van der Waals surface area contributed by atoms with E-state index in [9.17, 15) is 13.2 Å². The Balaban J connectivity index is 1.38. The molecule has 0 bridgehead atoms. The molecule has 0 unspecified atom stereocenters. The summed E-state index contributed by atoms with van der Waals surface area (Å²) in [6.07, 6.45) is 1.70. The van der Waals surface area contributed by atoms with Gasteiger partial charge in [-0.15, -0.1) is 10.2 Å². The van der Waals surface area contributed by atoms with E-state index in [0.29, 0.717) is 17.9 Å². The normalized spacial score (nSPS) is 11.6. The summed E-state index contributed by atoms with van der Waals surface area (Å²) >= 11 is 0. The molecule has 0 aliphatic heterocycles. The highest BCUT2D eigenvalue weighted by Crippen LogP contribution is 2.10. The number of amides is 1. The van der Waals surface area contributed by atoms with Crippen molar-refractivity contribution in [3.63, 3.8) is 0 Å². The van der Waals surface area contributed by atoms with Gasteiger partial charge in [0.05, 0.1) is 23.2 Å². The maximum atomic E-state index is 12.2. The fourth-order valence-corrected chi connectivity index (χ4v) is 3.23. The van der Waals surface area contributed by atoms with E-state index in [4.69, 9.17) is 5.14 Å². The summed E-state index contributed by atoms with van der Waals surface area (Å²) in [5.74, 6) is -0.372. The molecule has 0 fully saturated rings. The zero-order valence-corrected chi connectivity index (χ0v) is 15.8. The predicted octanol–water partition coefficient (Wildman–Crippen LogP) is 0.106. The van der Waals surface area contributed by atoms with Crippen LogP contribution in [0.15, 0.2) is 59.6 Å². The summed E-state index contributed by atoms with van der Waals surface area (Å²) in [6, 6.07) is 12.9. The number of para-hydroxylation sites is 1. The molecule has 2 aromatic carbocycles. The first kappa shape index (κ1) is 18.7. The van der Waals surface area contributed by atoms with E-state index in [1.807, 2.05) is 24.3 Å². The molecule has 2 aromatic heterocycles. The number of benzene rings is 2. The summed E-state index contributed by atoms with van der Waals surface area (Å²) < 4.78 is 25.8. The van der Waals surface area contributed by atoms with Crippen molar-refractivity contribution in [2.75, 3.05) is 0 Å². The van der Waals surface area contributed by atoms with E-state index in [0.717, 1.165) is 11.0 Å². The lowest BCUT2D eigenvalue weighted by molar-refractivity contribution is 0.0950. The van der Waals surface area contributed by atoms with Crippen LogP contribution in [0.2, 0.25) is 0 Å². The highest BCUT2D eigenvalue weighted by atomic mass is 32.2. The van der Waals surface area contributed by atoms with E-state index in [-0.39, 0.29) is 17.3 Å². The average molecular weight is 412 g/mol. The molecule has 0 aliphatic rings. The average Bonchev–Trinajstić information content (AvgIpc) is 3.33. The zero-order valence-electron chi connectivity index (χ0n) is 15.0. The number of carbonyl (C=O) groups excluding carboxylic acids is 1. The fourth-order valence-electron chi connectivity index (χ4n) is 2.72. The number of hydrogen-bond acceptors (Lipinski definition) is 7. The molecule has 4 aromatic rings. The molecule has 0 radical (unpaired) electrons. The number of nitrogens with two attached hydrogens (primary N) is 1. The van der Waals surface area contributed by atoms with Gasteiger partial charge in [-0.1, -0.05) is 22.6 Å². The Kier molecular flexibility index (Phi) is 4.78. The molecular formula is C17H16N8O3S. The lowest BCUT2D eigenvalue weighted by atomic mass is 10.2. The second kappa shape index (κ2) is 7.41. The van der Waals surface area contributed by atoms with Crippen molar-refractivity contribution >= 4 is 27.0 Å². The number of sulfonamides is 1. The van der Waals surface area contributed by atoms with Crippen molar-refractivity contribution in [1.29, 1.82) is 0 Å². The number of hydrogen-bond donors (Lipinski definition) is 2. The van der Waals surface area contributed by atoms with Crippen molar-refractivity contribution in [2.45, 2.75) is 18.1 Å². The molecule has 148 valence electrons. The molecule has 1 amide bonds. The van der Waals surface area contributed by atoms with Gasteiger partial charge in [0, 0.05) is 5.56 Å². The lowest BCUT2D eigenvalue weighted by Crippen LogP contribution is -2.23. The van der Waals surface area contributed by atoms with E-state index in [1.54, 1.807) is 15.6 Å². The van der Waals surface area contributed by atoms with Gasteiger partial charge >= 0.3 is 0 Å². The van der Waals surface area contributed by atoms with Gasteiger partial charge in [0.2, 0.25) is 10.0 Å².